The molecule has 3 heterocycles. The maximum atomic E-state index is 10.2. The van der Waals surface area contributed by atoms with Gasteiger partial charge in [0, 0.05) is 25.5 Å². The third-order valence-electron chi connectivity index (χ3n) is 4.48. The van der Waals surface area contributed by atoms with Gasteiger partial charge in [-0.2, -0.15) is 0 Å². The van der Waals surface area contributed by atoms with Crippen molar-refractivity contribution in [2.75, 3.05) is 31.1 Å². The predicted molar refractivity (Wildman–Crippen MR) is 89.0 cm³/mol. The van der Waals surface area contributed by atoms with Gasteiger partial charge in [0.05, 0.1) is 13.1 Å². The van der Waals surface area contributed by atoms with Crippen LogP contribution in [-0.2, 0) is 6.42 Å². The summed E-state index contributed by atoms with van der Waals surface area (Å²) in [4.78, 5) is 16.8. The van der Waals surface area contributed by atoms with E-state index in [9.17, 15) is 5.02 Å². The maximum absolute atomic E-state index is 10.2. The molecule has 0 aliphatic carbocycles. The number of anilines is 1. The number of nitrogens with zero attached hydrogens (tertiary/aromatic N) is 4. The Morgan fingerprint density at radius 2 is 1.83 bits per heavy atom. The van der Waals surface area contributed by atoms with E-state index in [0.717, 1.165) is 56.1 Å². The number of benzene rings is 1. The van der Waals surface area contributed by atoms with Crippen molar-refractivity contribution in [1.82, 2.24) is 15.0 Å². The topological polar surface area (TPSA) is 61.7 Å². The summed E-state index contributed by atoms with van der Waals surface area (Å²) >= 11 is 0. The maximum Gasteiger partial charge on any atom is 0.328 e. The summed E-state index contributed by atoms with van der Waals surface area (Å²) in [6.45, 7) is 2.79. The number of hydrogen-bond donors (Lipinski definition) is 1. The molecule has 2 aliphatic rings. The number of rotatable bonds is 3. The molecule has 1 fully saturated rings. The molecule has 0 radical (unpaired) electrons. The van der Waals surface area contributed by atoms with E-state index >= 15 is 0 Å². The summed E-state index contributed by atoms with van der Waals surface area (Å²) in [5.74, 6) is 1.56. The Morgan fingerprint density at radius 1 is 1.04 bits per heavy atom. The Kier molecular flexibility index (Phi) is 3.89. The molecular formula is C16H19BN4O2. The number of fused-ring (bicyclic) bond motifs is 1. The SMILES string of the molecule is OB1CCc2cccc(ON3CCN(c4ncccn4)CC3)c21. The minimum Gasteiger partial charge on any atom is -0.446 e. The average molecular weight is 310 g/mol. The third kappa shape index (κ3) is 2.89. The van der Waals surface area contributed by atoms with Crippen LogP contribution in [0.25, 0.3) is 0 Å². The van der Waals surface area contributed by atoms with Crippen LogP contribution in [0.1, 0.15) is 5.56 Å². The average Bonchev–Trinajstić information content (AvgIpc) is 2.99. The molecule has 0 unspecified atom stereocenters. The minimum atomic E-state index is -0.403. The van der Waals surface area contributed by atoms with Gasteiger partial charge in [0.15, 0.2) is 0 Å². The van der Waals surface area contributed by atoms with E-state index in [1.165, 1.54) is 5.56 Å². The molecule has 1 aromatic carbocycles. The molecule has 6 nitrogen and oxygen atoms in total. The zero-order chi connectivity index (χ0) is 15.6. The normalized spacial score (nSPS) is 18.1. The second kappa shape index (κ2) is 6.18. The first-order valence-corrected chi connectivity index (χ1v) is 8.06. The first-order valence-electron chi connectivity index (χ1n) is 8.06. The zero-order valence-electron chi connectivity index (χ0n) is 12.9. The van der Waals surface area contributed by atoms with Gasteiger partial charge in [0.2, 0.25) is 5.95 Å². The molecule has 23 heavy (non-hydrogen) atoms. The van der Waals surface area contributed by atoms with E-state index in [0.29, 0.717) is 0 Å². The highest BCUT2D eigenvalue weighted by molar-refractivity contribution is 6.69. The molecular weight excluding hydrogens is 291 g/mol. The van der Waals surface area contributed by atoms with Crippen molar-refractivity contribution in [3.63, 3.8) is 0 Å². The molecule has 0 bridgehead atoms. The molecule has 0 spiro atoms. The molecule has 2 aliphatic heterocycles. The van der Waals surface area contributed by atoms with Crippen LogP contribution in [-0.4, -0.2) is 53.1 Å². The van der Waals surface area contributed by atoms with Crippen molar-refractivity contribution in [3.8, 4) is 5.75 Å². The Balaban J connectivity index is 1.42. The highest BCUT2D eigenvalue weighted by Gasteiger charge is 2.30. The Bertz CT molecular complexity index is 677. The van der Waals surface area contributed by atoms with Crippen molar-refractivity contribution in [1.29, 1.82) is 0 Å². The van der Waals surface area contributed by atoms with Crippen LogP contribution in [0.4, 0.5) is 5.95 Å². The molecule has 4 rings (SSSR count). The quantitative estimate of drug-likeness (QED) is 0.825. The summed E-state index contributed by atoms with van der Waals surface area (Å²) in [5.41, 5.74) is 2.16. The van der Waals surface area contributed by atoms with Gasteiger partial charge in [-0.15, -0.1) is 5.06 Å². The molecule has 1 saturated heterocycles. The van der Waals surface area contributed by atoms with Crippen LogP contribution in [0.3, 0.4) is 0 Å². The van der Waals surface area contributed by atoms with Crippen molar-refractivity contribution >= 4 is 18.3 Å². The Labute approximate surface area is 135 Å². The smallest absolute Gasteiger partial charge is 0.328 e. The fourth-order valence-electron chi connectivity index (χ4n) is 3.27. The van der Waals surface area contributed by atoms with Crippen LogP contribution in [0, 0.1) is 0 Å². The first kappa shape index (κ1) is 14.5. The van der Waals surface area contributed by atoms with E-state index in [4.69, 9.17) is 4.84 Å². The van der Waals surface area contributed by atoms with Gasteiger partial charge in [-0.05, 0) is 35.9 Å². The van der Waals surface area contributed by atoms with Gasteiger partial charge in [-0.3, -0.25) is 0 Å². The second-order valence-electron chi connectivity index (χ2n) is 5.94. The molecule has 0 amide bonds. The van der Waals surface area contributed by atoms with Crippen molar-refractivity contribution in [2.24, 2.45) is 0 Å². The van der Waals surface area contributed by atoms with Gasteiger partial charge in [0.1, 0.15) is 5.75 Å². The predicted octanol–water partition coefficient (Wildman–Crippen LogP) is 0.339. The molecule has 118 valence electrons. The Morgan fingerprint density at radius 3 is 2.61 bits per heavy atom. The van der Waals surface area contributed by atoms with Crippen molar-refractivity contribution in [2.45, 2.75) is 12.7 Å². The number of aryl methyl sites for hydroxylation is 1. The van der Waals surface area contributed by atoms with E-state index < -0.39 is 6.92 Å². The molecule has 0 saturated carbocycles. The molecule has 1 aromatic heterocycles. The van der Waals surface area contributed by atoms with Crippen molar-refractivity contribution in [3.05, 3.63) is 42.2 Å². The van der Waals surface area contributed by atoms with Gasteiger partial charge >= 0.3 is 6.92 Å². The van der Waals surface area contributed by atoms with Gasteiger partial charge in [-0.1, -0.05) is 12.1 Å². The fraction of sp³-hybridized carbons (Fsp3) is 0.375. The summed E-state index contributed by atoms with van der Waals surface area (Å²) in [5, 5.41) is 12.1. The lowest BCUT2D eigenvalue weighted by Gasteiger charge is -2.34. The van der Waals surface area contributed by atoms with Crippen LogP contribution in [0.5, 0.6) is 5.75 Å². The number of piperazine rings is 1. The first-order chi connectivity index (χ1) is 11.3. The molecule has 0 atom stereocenters. The summed E-state index contributed by atoms with van der Waals surface area (Å²) in [6, 6.07) is 7.84. The van der Waals surface area contributed by atoms with E-state index in [1.807, 2.05) is 23.3 Å². The van der Waals surface area contributed by atoms with Crippen LogP contribution < -0.4 is 15.2 Å². The van der Waals surface area contributed by atoms with E-state index in [1.54, 1.807) is 12.4 Å². The fourth-order valence-corrected chi connectivity index (χ4v) is 3.27. The number of hydrogen-bond acceptors (Lipinski definition) is 6. The lowest BCUT2D eigenvalue weighted by Crippen LogP contribution is -2.49. The van der Waals surface area contributed by atoms with Gasteiger partial charge in [0.25, 0.3) is 0 Å². The largest absolute Gasteiger partial charge is 0.446 e. The van der Waals surface area contributed by atoms with E-state index in [-0.39, 0.29) is 0 Å². The Hall–Kier alpha value is -2.12. The van der Waals surface area contributed by atoms with E-state index in [2.05, 4.69) is 20.9 Å². The van der Waals surface area contributed by atoms with Gasteiger partial charge in [-0.25, -0.2) is 9.97 Å². The van der Waals surface area contributed by atoms with Gasteiger partial charge < -0.3 is 14.8 Å². The minimum absolute atomic E-state index is 0.403. The molecule has 7 heteroatoms. The lowest BCUT2D eigenvalue weighted by molar-refractivity contribution is -0.0612. The zero-order valence-corrected chi connectivity index (χ0v) is 12.9. The van der Waals surface area contributed by atoms with Crippen LogP contribution >= 0.6 is 0 Å². The van der Waals surface area contributed by atoms with Crippen molar-refractivity contribution < 1.29 is 9.86 Å². The number of aromatic nitrogens is 2. The molecule has 1 N–H and O–H groups in total. The van der Waals surface area contributed by atoms with Crippen LogP contribution in [0.15, 0.2) is 36.7 Å². The highest BCUT2D eigenvalue weighted by atomic mass is 16.7. The third-order valence-corrected chi connectivity index (χ3v) is 4.48. The lowest BCUT2D eigenvalue weighted by atomic mass is 9.62. The monoisotopic (exact) mass is 310 g/mol. The second-order valence-corrected chi connectivity index (χ2v) is 5.94. The standard InChI is InChI=1S/C16H19BN4O2/c22-17-6-5-13-3-1-4-14(15(13)17)23-21-11-9-20(10-12-21)16-18-7-2-8-19-16/h1-4,7-8,22H,5-6,9-12H2. The summed E-state index contributed by atoms with van der Waals surface area (Å²) < 4.78 is 0. The highest BCUT2D eigenvalue weighted by Crippen LogP contribution is 2.21. The van der Waals surface area contributed by atoms with Crippen LogP contribution in [0.2, 0.25) is 6.32 Å². The number of hydroxylamine groups is 2. The summed E-state index contributed by atoms with van der Waals surface area (Å²) in [7, 11) is 0. The summed E-state index contributed by atoms with van der Waals surface area (Å²) in [6.07, 6.45) is 5.24. The molecule has 2 aromatic rings.